The Kier molecular flexibility index (Phi) is 4.51. The molecule has 1 aromatic heterocycles. The number of aryl methyl sites for hydroxylation is 3. The van der Waals surface area contributed by atoms with E-state index in [1.807, 2.05) is 42.1 Å². The molecule has 2 aromatic carbocycles. The maximum absolute atomic E-state index is 11.7. The van der Waals surface area contributed by atoms with Gasteiger partial charge in [-0.25, -0.2) is 18.5 Å². The molecule has 6 heteroatoms. The van der Waals surface area contributed by atoms with Crippen molar-refractivity contribution in [2.75, 3.05) is 0 Å². The average Bonchev–Trinajstić information content (AvgIpc) is 2.99. The molecule has 1 heterocycles. The Morgan fingerprint density at radius 1 is 1.08 bits per heavy atom. The summed E-state index contributed by atoms with van der Waals surface area (Å²) >= 11 is 0. The van der Waals surface area contributed by atoms with Crippen LogP contribution in [0.1, 0.15) is 11.1 Å². The van der Waals surface area contributed by atoms with E-state index in [1.54, 1.807) is 18.5 Å². The molecule has 0 saturated heterocycles. The molecule has 0 aliphatic heterocycles. The maximum atomic E-state index is 11.7. The van der Waals surface area contributed by atoms with Gasteiger partial charge in [0.2, 0.25) is 10.0 Å². The third-order valence-electron chi connectivity index (χ3n) is 3.92. The van der Waals surface area contributed by atoms with Gasteiger partial charge in [0, 0.05) is 18.8 Å². The molecule has 0 radical (unpaired) electrons. The van der Waals surface area contributed by atoms with Crippen LogP contribution in [0.5, 0.6) is 0 Å². The summed E-state index contributed by atoms with van der Waals surface area (Å²) in [5.74, 6) is 0. The second-order valence-electron chi connectivity index (χ2n) is 5.77. The van der Waals surface area contributed by atoms with E-state index in [1.165, 1.54) is 5.56 Å². The smallest absolute Gasteiger partial charge is 0.238 e. The Balaban J connectivity index is 1.98. The highest BCUT2D eigenvalue weighted by molar-refractivity contribution is 7.89. The molecule has 0 saturated carbocycles. The first-order chi connectivity index (χ1) is 11.4. The third kappa shape index (κ3) is 3.72. The summed E-state index contributed by atoms with van der Waals surface area (Å²) in [6.07, 6.45) is 5.23. The fourth-order valence-electron chi connectivity index (χ4n) is 2.66. The van der Waals surface area contributed by atoms with Gasteiger partial charge in [0.1, 0.15) is 0 Å². The number of nitrogens with two attached hydrogens (primary N) is 1. The Morgan fingerprint density at radius 3 is 2.46 bits per heavy atom. The van der Waals surface area contributed by atoms with Crippen LogP contribution in [0.25, 0.3) is 11.3 Å². The lowest BCUT2D eigenvalue weighted by atomic mass is 9.98. The van der Waals surface area contributed by atoms with Crippen LogP contribution < -0.4 is 5.14 Å². The molecule has 5 nitrogen and oxygen atoms in total. The van der Waals surface area contributed by atoms with Crippen LogP contribution in [0.3, 0.4) is 0 Å². The van der Waals surface area contributed by atoms with Crippen molar-refractivity contribution in [3.05, 3.63) is 72.2 Å². The highest BCUT2D eigenvalue weighted by atomic mass is 32.2. The first kappa shape index (κ1) is 16.4. The number of hydrogen-bond acceptors (Lipinski definition) is 3. The van der Waals surface area contributed by atoms with E-state index in [2.05, 4.69) is 17.1 Å². The number of benzene rings is 2. The Hall–Kier alpha value is -2.44. The summed E-state index contributed by atoms with van der Waals surface area (Å²) in [5, 5.41) is 5.27. The number of primary sulfonamides is 1. The molecule has 24 heavy (non-hydrogen) atoms. The maximum Gasteiger partial charge on any atom is 0.238 e. The van der Waals surface area contributed by atoms with Crippen molar-refractivity contribution in [2.45, 2.75) is 17.7 Å². The zero-order valence-electron chi connectivity index (χ0n) is 13.4. The molecular formula is C18H19N3O2S. The topological polar surface area (TPSA) is 78.0 Å². The quantitative estimate of drug-likeness (QED) is 0.774. The Bertz CT molecular complexity index is 947. The zero-order valence-corrected chi connectivity index (χ0v) is 14.2. The second-order valence-corrected chi connectivity index (χ2v) is 7.34. The summed E-state index contributed by atoms with van der Waals surface area (Å²) in [7, 11) is -1.87. The lowest BCUT2D eigenvalue weighted by molar-refractivity contribution is 0.598. The van der Waals surface area contributed by atoms with E-state index in [9.17, 15) is 8.42 Å². The summed E-state index contributed by atoms with van der Waals surface area (Å²) in [4.78, 5) is 4.46. The van der Waals surface area contributed by atoms with E-state index in [-0.39, 0.29) is 4.90 Å². The van der Waals surface area contributed by atoms with E-state index in [4.69, 9.17) is 5.14 Å². The van der Waals surface area contributed by atoms with Gasteiger partial charge in [-0.3, -0.25) is 0 Å². The van der Waals surface area contributed by atoms with Gasteiger partial charge >= 0.3 is 0 Å². The van der Waals surface area contributed by atoms with Crippen LogP contribution in [0, 0.1) is 0 Å². The van der Waals surface area contributed by atoms with Crippen molar-refractivity contribution >= 4 is 10.0 Å². The number of rotatable bonds is 5. The number of imidazole rings is 1. The molecule has 0 bridgehead atoms. The minimum atomic E-state index is -3.74. The number of aromatic nitrogens is 2. The van der Waals surface area contributed by atoms with Gasteiger partial charge in [0.15, 0.2) is 0 Å². The van der Waals surface area contributed by atoms with Crippen molar-refractivity contribution in [1.29, 1.82) is 0 Å². The molecule has 0 spiro atoms. The monoisotopic (exact) mass is 341 g/mol. The highest BCUT2D eigenvalue weighted by Gasteiger charge is 2.14. The van der Waals surface area contributed by atoms with Gasteiger partial charge in [-0.05, 0) is 36.1 Å². The predicted octanol–water partition coefficient (Wildman–Crippen LogP) is 2.52. The molecule has 124 valence electrons. The summed E-state index contributed by atoms with van der Waals surface area (Å²) < 4.78 is 25.2. The molecule has 3 rings (SSSR count). The average molecular weight is 341 g/mol. The van der Waals surface area contributed by atoms with Gasteiger partial charge in [0.05, 0.1) is 16.9 Å². The number of sulfonamides is 1. The van der Waals surface area contributed by atoms with Gasteiger partial charge in [-0.1, -0.05) is 36.4 Å². The van der Waals surface area contributed by atoms with Crippen LogP contribution in [0.2, 0.25) is 0 Å². The standard InChI is InChI=1S/C18H19N3O2S/c1-21-12-18(20-13-21)17-11-16(24(19,22)23)10-9-15(17)8-7-14-5-3-2-4-6-14/h2-6,9-13H,7-8H2,1H3,(H2,19,22,23). The van der Waals surface area contributed by atoms with Crippen LogP contribution in [-0.2, 0) is 29.9 Å². The minimum Gasteiger partial charge on any atom is -0.340 e. The van der Waals surface area contributed by atoms with Gasteiger partial charge < -0.3 is 4.57 Å². The van der Waals surface area contributed by atoms with Crippen LogP contribution in [0.4, 0.5) is 0 Å². The molecule has 0 unspecified atom stereocenters. The normalized spacial score (nSPS) is 11.6. The lowest BCUT2D eigenvalue weighted by Gasteiger charge is -2.10. The van der Waals surface area contributed by atoms with Crippen LogP contribution >= 0.6 is 0 Å². The molecule has 0 fully saturated rings. The van der Waals surface area contributed by atoms with E-state index in [0.717, 1.165) is 29.7 Å². The SMILES string of the molecule is Cn1cnc(-c2cc(S(N)(=O)=O)ccc2CCc2ccccc2)c1. The molecule has 0 aliphatic carbocycles. The van der Waals surface area contributed by atoms with Crippen LogP contribution in [0.15, 0.2) is 66.0 Å². The second kappa shape index (κ2) is 6.59. The zero-order chi connectivity index (χ0) is 17.2. The van der Waals surface area contributed by atoms with Crippen molar-refractivity contribution in [3.8, 4) is 11.3 Å². The van der Waals surface area contributed by atoms with Crippen LogP contribution in [-0.4, -0.2) is 18.0 Å². The molecule has 3 aromatic rings. The van der Waals surface area contributed by atoms with E-state index in [0.29, 0.717) is 0 Å². The molecule has 0 amide bonds. The third-order valence-corrected chi connectivity index (χ3v) is 4.83. The first-order valence-corrected chi connectivity index (χ1v) is 9.16. The first-order valence-electron chi connectivity index (χ1n) is 7.61. The summed E-state index contributed by atoms with van der Waals surface area (Å²) in [6, 6.07) is 15.2. The Labute approximate surface area is 141 Å². The minimum absolute atomic E-state index is 0.103. The van der Waals surface area contributed by atoms with Crippen molar-refractivity contribution in [3.63, 3.8) is 0 Å². The fraction of sp³-hybridized carbons (Fsp3) is 0.167. The van der Waals surface area contributed by atoms with E-state index < -0.39 is 10.0 Å². The molecule has 2 N–H and O–H groups in total. The molecular weight excluding hydrogens is 322 g/mol. The highest BCUT2D eigenvalue weighted by Crippen LogP contribution is 2.26. The predicted molar refractivity (Wildman–Crippen MR) is 93.9 cm³/mol. The number of nitrogens with zero attached hydrogens (tertiary/aromatic N) is 2. The molecule has 0 aliphatic rings. The number of hydrogen-bond donors (Lipinski definition) is 1. The largest absolute Gasteiger partial charge is 0.340 e. The summed E-state index contributed by atoms with van der Waals surface area (Å²) in [6.45, 7) is 0. The fourth-order valence-corrected chi connectivity index (χ4v) is 3.20. The van der Waals surface area contributed by atoms with Crippen molar-refractivity contribution in [2.24, 2.45) is 12.2 Å². The van der Waals surface area contributed by atoms with E-state index >= 15 is 0 Å². The van der Waals surface area contributed by atoms with Gasteiger partial charge in [0.25, 0.3) is 0 Å². The van der Waals surface area contributed by atoms with Gasteiger partial charge in [-0.15, -0.1) is 0 Å². The van der Waals surface area contributed by atoms with Crippen molar-refractivity contribution < 1.29 is 8.42 Å². The van der Waals surface area contributed by atoms with Crippen molar-refractivity contribution in [1.82, 2.24) is 9.55 Å². The molecule has 0 atom stereocenters. The lowest BCUT2D eigenvalue weighted by Crippen LogP contribution is -2.12. The van der Waals surface area contributed by atoms with Gasteiger partial charge in [-0.2, -0.15) is 0 Å². The summed E-state index contributed by atoms with van der Waals surface area (Å²) in [5.41, 5.74) is 3.83. The Morgan fingerprint density at radius 2 is 1.83 bits per heavy atom.